The van der Waals surface area contributed by atoms with Crippen LogP contribution in [0.5, 0.6) is 0 Å². The first-order chi connectivity index (χ1) is 13.2. The maximum Gasteiger partial charge on any atom is 0.267 e. The molecule has 1 unspecified atom stereocenters. The molecule has 5 rings (SSSR count). The molecule has 0 bridgehead atoms. The van der Waals surface area contributed by atoms with Crippen molar-refractivity contribution >= 4 is 5.82 Å². The summed E-state index contributed by atoms with van der Waals surface area (Å²) in [5.74, 6) is 0.945. The van der Waals surface area contributed by atoms with E-state index in [0.29, 0.717) is 6.54 Å². The number of aryl methyl sites for hydroxylation is 2. The molecule has 0 N–H and O–H groups in total. The molecule has 2 aromatic rings. The molecule has 2 aliphatic heterocycles. The van der Waals surface area contributed by atoms with Crippen LogP contribution in [-0.2, 0) is 32.4 Å². The predicted molar refractivity (Wildman–Crippen MR) is 103 cm³/mol. The van der Waals surface area contributed by atoms with Crippen molar-refractivity contribution in [3.05, 3.63) is 45.0 Å². The van der Waals surface area contributed by atoms with Crippen molar-refractivity contribution in [2.24, 2.45) is 0 Å². The monoisotopic (exact) mass is 366 g/mol. The lowest BCUT2D eigenvalue weighted by atomic mass is 10.1. The van der Waals surface area contributed by atoms with Crippen molar-refractivity contribution in [3.8, 4) is 0 Å². The molecule has 0 saturated carbocycles. The molecule has 1 fully saturated rings. The Morgan fingerprint density at radius 2 is 1.96 bits per heavy atom. The molecule has 142 valence electrons. The van der Waals surface area contributed by atoms with Crippen molar-refractivity contribution in [2.75, 3.05) is 25.0 Å². The zero-order valence-electron chi connectivity index (χ0n) is 15.9. The summed E-state index contributed by atoms with van der Waals surface area (Å²) < 4.78 is 1.67. The topological polar surface area (TPSA) is 67.2 Å². The summed E-state index contributed by atoms with van der Waals surface area (Å²) in [5.41, 5.74) is 4.69. The maximum absolute atomic E-state index is 12.5. The lowest BCUT2D eigenvalue weighted by Crippen LogP contribution is -2.38. The van der Waals surface area contributed by atoms with Crippen LogP contribution >= 0.6 is 0 Å². The predicted octanol–water partition coefficient (Wildman–Crippen LogP) is 1.18. The van der Waals surface area contributed by atoms with E-state index in [9.17, 15) is 4.79 Å². The van der Waals surface area contributed by atoms with E-state index in [0.717, 1.165) is 80.9 Å². The Balaban J connectivity index is 1.40. The van der Waals surface area contributed by atoms with E-state index in [1.54, 1.807) is 10.7 Å². The maximum atomic E-state index is 12.5. The minimum absolute atomic E-state index is 0.0284. The number of rotatable bonds is 3. The highest BCUT2D eigenvalue weighted by molar-refractivity contribution is 5.44. The molecule has 0 amide bonds. The quantitative estimate of drug-likeness (QED) is 0.813. The van der Waals surface area contributed by atoms with Crippen LogP contribution < -0.4 is 10.5 Å². The molecule has 2 aromatic heterocycles. The highest BCUT2D eigenvalue weighted by atomic mass is 16.1. The second kappa shape index (κ2) is 6.71. The van der Waals surface area contributed by atoms with Gasteiger partial charge in [0.2, 0.25) is 0 Å². The normalized spacial score (nSPS) is 22.1. The molecule has 0 aromatic carbocycles. The summed E-state index contributed by atoms with van der Waals surface area (Å²) in [7, 11) is 2.15. The first kappa shape index (κ1) is 16.9. The van der Waals surface area contributed by atoms with Crippen molar-refractivity contribution < 1.29 is 0 Å². The molecular formula is C20H26N6O. The Morgan fingerprint density at radius 1 is 1.04 bits per heavy atom. The van der Waals surface area contributed by atoms with Crippen LogP contribution in [0.1, 0.15) is 41.8 Å². The zero-order valence-corrected chi connectivity index (χ0v) is 15.9. The summed E-state index contributed by atoms with van der Waals surface area (Å²) in [5, 5.41) is 13.7. The Morgan fingerprint density at radius 3 is 2.89 bits per heavy atom. The van der Waals surface area contributed by atoms with Crippen molar-refractivity contribution in [1.82, 2.24) is 24.9 Å². The fraction of sp³-hybridized carbons (Fsp3) is 0.600. The van der Waals surface area contributed by atoms with Crippen LogP contribution in [0.4, 0.5) is 5.82 Å². The molecule has 4 heterocycles. The molecule has 7 nitrogen and oxygen atoms in total. The summed E-state index contributed by atoms with van der Waals surface area (Å²) in [6.45, 7) is 3.57. The van der Waals surface area contributed by atoms with Gasteiger partial charge in [-0.15, -0.1) is 5.10 Å². The number of hydrogen-bond donors (Lipinski definition) is 0. The molecule has 1 aliphatic carbocycles. The molecule has 7 heteroatoms. The second-order valence-corrected chi connectivity index (χ2v) is 8.14. The Labute approximate surface area is 159 Å². The molecular weight excluding hydrogens is 340 g/mol. The summed E-state index contributed by atoms with van der Waals surface area (Å²) in [6.07, 6.45) is 6.24. The van der Waals surface area contributed by atoms with Gasteiger partial charge in [-0.25, -0.2) is 4.68 Å². The van der Waals surface area contributed by atoms with Crippen molar-refractivity contribution in [3.63, 3.8) is 0 Å². The Hall–Kier alpha value is -2.28. The highest BCUT2D eigenvalue weighted by Crippen LogP contribution is 2.27. The molecule has 3 aliphatic rings. The van der Waals surface area contributed by atoms with Gasteiger partial charge in [-0.2, -0.15) is 10.2 Å². The van der Waals surface area contributed by atoms with Crippen LogP contribution in [0.15, 0.2) is 16.9 Å². The number of likely N-dealkylation sites (N-methyl/N-ethyl adjacent to an activating group) is 1. The second-order valence-electron chi connectivity index (χ2n) is 8.14. The molecule has 1 saturated heterocycles. The number of nitrogens with zero attached hydrogens (tertiary/aromatic N) is 6. The molecule has 27 heavy (non-hydrogen) atoms. The number of hydrogen-bond acceptors (Lipinski definition) is 6. The van der Waals surface area contributed by atoms with Gasteiger partial charge in [-0.1, -0.05) is 0 Å². The fourth-order valence-corrected chi connectivity index (χ4v) is 4.70. The first-order valence-electron chi connectivity index (χ1n) is 10.1. The van der Waals surface area contributed by atoms with E-state index < -0.39 is 0 Å². The van der Waals surface area contributed by atoms with Crippen LogP contribution in [0, 0.1) is 0 Å². The standard InChI is InChI=1S/C20H26N6O/c1-24-9-7-17-15(12-24)10-19(22-21-17)25-8-3-5-16(25)13-26-20(27)11-14-4-2-6-18(14)23-26/h10-11,16H,2-9,12-13H2,1H3. The molecule has 1 atom stereocenters. The number of fused-ring (bicyclic) bond motifs is 2. The van der Waals surface area contributed by atoms with Gasteiger partial charge in [-0.05, 0) is 56.3 Å². The van der Waals surface area contributed by atoms with Crippen molar-refractivity contribution in [1.29, 1.82) is 0 Å². The molecule has 0 spiro atoms. The van der Waals surface area contributed by atoms with E-state index in [1.165, 1.54) is 5.56 Å². The minimum atomic E-state index is 0.0284. The fourth-order valence-electron chi connectivity index (χ4n) is 4.70. The van der Waals surface area contributed by atoms with Crippen LogP contribution in [0.3, 0.4) is 0 Å². The smallest absolute Gasteiger partial charge is 0.267 e. The number of anilines is 1. The van der Waals surface area contributed by atoms with Crippen LogP contribution in [0.25, 0.3) is 0 Å². The van der Waals surface area contributed by atoms with Gasteiger partial charge < -0.3 is 9.80 Å². The van der Waals surface area contributed by atoms with Gasteiger partial charge in [0.05, 0.1) is 24.0 Å². The Kier molecular flexibility index (Phi) is 4.19. The van der Waals surface area contributed by atoms with Gasteiger partial charge in [0, 0.05) is 32.1 Å². The third-order valence-electron chi connectivity index (χ3n) is 6.20. The van der Waals surface area contributed by atoms with Crippen molar-refractivity contribution in [2.45, 2.75) is 57.7 Å². The summed E-state index contributed by atoms with van der Waals surface area (Å²) in [6, 6.07) is 4.25. The van der Waals surface area contributed by atoms with Gasteiger partial charge in [0.15, 0.2) is 5.82 Å². The van der Waals surface area contributed by atoms with E-state index >= 15 is 0 Å². The third-order valence-corrected chi connectivity index (χ3v) is 6.20. The van der Waals surface area contributed by atoms with Gasteiger partial charge >= 0.3 is 0 Å². The lowest BCUT2D eigenvalue weighted by molar-refractivity contribution is 0.308. The highest BCUT2D eigenvalue weighted by Gasteiger charge is 2.28. The average molecular weight is 366 g/mol. The van der Waals surface area contributed by atoms with Gasteiger partial charge in [0.25, 0.3) is 5.56 Å². The zero-order chi connectivity index (χ0) is 18.4. The van der Waals surface area contributed by atoms with E-state index in [1.807, 2.05) is 0 Å². The molecule has 0 radical (unpaired) electrons. The number of aromatic nitrogens is 4. The Bertz CT molecular complexity index is 923. The SMILES string of the molecule is CN1CCc2nnc(N3CCCC3Cn3nc4c(cc3=O)CCC4)cc2C1. The largest absolute Gasteiger partial charge is 0.350 e. The minimum Gasteiger partial charge on any atom is -0.350 e. The summed E-state index contributed by atoms with van der Waals surface area (Å²) in [4.78, 5) is 17.1. The van der Waals surface area contributed by atoms with Crippen LogP contribution in [-0.4, -0.2) is 51.1 Å². The van der Waals surface area contributed by atoms with E-state index in [2.05, 4.69) is 38.2 Å². The summed E-state index contributed by atoms with van der Waals surface area (Å²) >= 11 is 0. The third kappa shape index (κ3) is 3.14. The lowest BCUT2D eigenvalue weighted by Gasteiger charge is -2.28. The van der Waals surface area contributed by atoms with E-state index in [4.69, 9.17) is 0 Å². The first-order valence-corrected chi connectivity index (χ1v) is 10.1. The van der Waals surface area contributed by atoms with Crippen LogP contribution in [0.2, 0.25) is 0 Å². The van der Waals surface area contributed by atoms with E-state index in [-0.39, 0.29) is 11.6 Å². The van der Waals surface area contributed by atoms with Gasteiger partial charge in [0.1, 0.15) is 0 Å². The van der Waals surface area contributed by atoms with Gasteiger partial charge in [-0.3, -0.25) is 4.79 Å². The average Bonchev–Trinajstić information content (AvgIpc) is 3.30.